The number of aromatic nitrogens is 1. The fourth-order valence-electron chi connectivity index (χ4n) is 2.34. The van der Waals surface area contributed by atoms with E-state index in [1.165, 1.54) is 35.6 Å². The number of nitrogens with zero attached hydrogens (tertiary/aromatic N) is 3. The van der Waals surface area contributed by atoms with E-state index in [-0.39, 0.29) is 11.3 Å². The number of thiazole rings is 1. The van der Waals surface area contributed by atoms with Gasteiger partial charge < -0.3 is 9.30 Å². The average molecular weight is 343 g/mol. The molecule has 0 saturated carbocycles. The Morgan fingerprint density at radius 1 is 1.29 bits per heavy atom. The van der Waals surface area contributed by atoms with Crippen LogP contribution in [0.2, 0.25) is 0 Å². The van der Waals surface area contributed by atoms with Gasteiger partial charge in [-0.1, -0.05) is 23.5 Å². The van der Waals surface area contributed by atoms with Gasteiger partial charge in [-0.25, -0.2) is 0 Å². The zero-order valence-electron chi connectivity index (χ0n) is 12.9. The van der Waals surface area contributed by atoms with E-state index < -0.39 is 10.8 Å². The number of para-hydroxylation sites is 1. The molecular weight excluding hydrogens is 330 g/mol. The number of non-ortho nitro benzene ring substituents is 1. The number of aryl methyl sites for hydroxylation is 1. The zero-order valence-corrected chi connectivity index (χ0v) is 13.7. The van der Waals surface area contributed by atoms with Crippen molar-refractivity contribution in [2.45, 2.75) is 0 Å². The third-order valence-electron chi connectivity index (χ3n) is 3.51. The lowest BCUT2D eigenvalue weighted by Crippen LogP contribution is -2.13. The molecule has 0 N–H and O–H groups in total. The van der Waals surface area contributed by atoms with Crippen molar-refractivity contribution in [3.05, 3.63) is 62.9 Å². The minimum absolute atomic E-state index is 0.140. The topological polar surface area (TPSA) is 86.7 Å². The quantitative estimate of drug-likeness (QED) is 0.540. The van der Waals surface area contributed by atoms with Gasteiger partial charge in [-0.3, -0.25) is 14.9 Å². The first-order chi connectivity index (χ1) is 11.5. The lowest BCUT2D eigenvalue weighted by molar-refractivity contribution is -0.384. The Kier molecular flexibility index (Phi) is 4.13. The van der Waals surface area contributed by atoms with E-state index in [9.17, 15) is 14.9 Å². The highest BCUT2D eigenvalue weighted by atomic mass is 32.1. The van der Waals surface area contributed by atoms with E-state index in [1.54, 1.807) is 18.7 Å². The average Bonchev–Trinajstić information content (AvgIpc) is 2.91. The molecule has 7 nitrogen and oxygen atoms in total. The molecule has 2 aromatic carbocycles. The lowest BCUT2D eigenvalue weighted by Gasteiger charge is -2.03. The highest BCUT2D eigenvalue weighted by Crippen LogP contribution is 2.26. The molecular formula is C16H13N3O4S. The van der Waals surface area contributed by atoms with Gasteiger partial charge in [0, 0.05) is 24.7 Å². The van der Waals surface area contributed by atoms with Gasteiger partial charge >= 0.3 is 0 Å². The standard InChI is InChI=1S/C16H13N3O4S/c1-18-14-12(23-2)7-4-8-13(14)24-16(18)17-15(20)10-5-3-6-11(9-10)19(21)22/h3-9H,1-2H3. The highest BCUT2D eigenvalue weighted by Gasteiger charge is 2.13. The van der Waals surface area contributed by atoms with Gasteiger partial charge in [0.25, 0.3) is 11.6 Å². The molecule has 0 fully saturated rings. The number of methoxy groups -OCH3 is 1. The predicted molar refractivity (Wildman–Crippen MR) is 90.3 cm³/mol. The molecule has 0 aliphatic rings. The molecule has 0 spiro atoms. The Labute approximate surface area is 140 Å². The molecule has 0 unspecified atom stereocenters. The van der Waals surface area contributed by atoms with Crippen molar-refractivity contribution in [1.29, 1.82) is 0 Å². The Morgan fingerprint density at radius 2 is 2.04 bits per heavy atom. The van der Waals surface area contributed by atoms with Crippen LogP contribution in [0.1, 0.15) is 10.4 Å². The number of hydrogen-bond acceptors (Lipinski definition) is 5. The van der Waals surface area contributed by atoms with Crippen molar-refractivity contribution >= 4 is 33.1 Å². The van der Waals surface area contributed by atoms with Crippen molar-refractivity contribution in [3.8, 4) is 5.75 Å². The van der Waals surface area contributed by atoms with E-state index in [4.69, 9.17) is 4.74 Å². The van der Waals surface area contributed by atoms with Gasteiger partial charge in [-0.2, -0.15) is 4.99 Å². The normalized spacial score (nSPS) is 11.7. The van der Waals surface area contributed by atoms with E-state index in [1.807, 2.05) is 18.2 Å². The van der Waals surface area contributed by atoms with Gasteiger partial charge in [0.05, 0.1) is 16.7 Å². The lowest BCUT2D eigenvalue weighted by atomic mass is 10.2. The summed E-state index contributed by atoms with van der Waals surface area (Å²) >= 11 is 1.35. The molecule has 3 aromatic rings. The van der Waals surface area contributed by atoms with Crippen LogP contribution in [0, 0.1) is 10.1 Å². The summed E-state index contributed by atoms with van der Waals surface area (Å²) in [5, 5.41) is 10.8. The number of nitro groups is 1. The first-order valence-electron chi connectivity index (χ1n) is 6.97. The highest BCUT2D eigenvalue weighted by molar-refractivity contribution is 7.16. The smallest absolute Gasteiger partial charge is 0.279 e. The van der Waals surface area contributed by atoms with Gasteiger partial charge in [0.1, 0.15) is 11.3 Å². The molecule has 0 bridgehead atoms. The number of amides is 1. The number of benzene rings is 2. The molecule has 122 valence electrons. The molecule has 24 heavy (non-hydrogen) atoms. The summed E-state index contributed by atoms with van der Waals surface area (Å²) in [7, 11) is 3.37. The number of ether oxygens (including phenoxy) is 1. The maximum Gasteiger partial charge on any atom is 0.279 e. The van der Waals surface area contributed by atoms with Crippen LogP contribution in [0.4, 0.5) is 5.69 Å². The first-order valence-corrected chi connectivity index (χ1v) is 7.79. The number of carbonyl (C=O) groups excluding carboxylic acids is 1. The van der Waals surface area contributed by atoms with E-state index in [0.29, 0.717) is 10.6 Å². The zero-order chi connectivity index (χ0) is 17.3. The molecule has 0 atom stereocenters. The van der Waals surface area contributed by atoms with Crippen LogP contribution in [-0.4, -0.2) is 22.5 Å². The number of fused-ring (bicyclic) bond motifs is 1. The van der Waals surface area contributed by atoms with Crippen LogP contribution in [0.5, 0.6) is 5.75 Å². The Bertz CT molecular complexity index is 1020. The molecule has 1 aromatic heterocycles. The molecule has 8 heteroatoms. The monoisotopic (exact) mass is 343 g/mol. The third kappa shape index (κ3) is 2.79. The molecule has 0 aliphatic heterocycles. The molecule has 1 heterocycles. The van der Waals surface area contributed by atoms with E-state index in [0.717, 1.165) is 10.2 Å². The molecule has 0 radical (unpaired) electrons. The van der Waals surface area contributed by atoms with Gasteiger partial charge in [0.15, 0.2) is 4.80 Å². The fraction of sp³-hybridized carbons (Fsp3) is 0.125. The minimum Gasteiger partial charge on any atom is -0.495 e. The van der Waals surface area contributed by atoms with Crippen LogP contribution in [0.15, 0.2) is 47.5 Å². The van der Waals surface area contributed by atoms with E-state index >= 15 is 0 Å². The number of nitro benzene ring substituents is 1. The van der Waals surface area contributed by atoms with E-state index in [2.05, 4.69) is 4.99 Å². The third-order valence-corrected chi connectivity index (χ3v) is 4.60. The maximum atomic E-state index is 12.3. The second-order valence-corrected chi connectivity index (χ2v) is 5.98. The van der Waals surface area contributed by atoms with Crippen molar-refractivity contribution in [3.63, 3.8) is 0 Å². The summed E-state index contributed by atoms with van der Waals surface area (Å²) in [4.78, 5) is 27.2. The maximum absolute atomic E-state index is 12.3. The Morgan fingerprint density at radius 3 is 2.75 bits per heavy atom. The second-order valence-electron chi connectivity index (χ2n) is 4.98. The molecule has 0 aliphatic carbocycles. The fourth-order valence-corrected chi connectivity index (χ4v) is 3.38. The Hall–Kier alpha value is -3.00. The Balaban J connectivity index is 2.10. The largest absolute Gasteiger partial charge is 0.495 e. The number of rotatable bonds is 3. The van der Waals surface area contributed by atoms with Crippen molar-refractivity contribution < 1.29 is 14.5 Å². The van der Waals surface area contributed by atoms with Crippen LogP contribution in [0.3, 0.4) is 0 Å². The summed E-state index contributed by atoms with van der Waals surface area (Å²) < 4.78 is 8.04. The summed E-state index contributed by atoms with van der Waals surface area (Å²) in [6, 6.07) is 11.1. The number of carbonyl (C=O) groups is 1. The predicted octanol–water partition coefficient (Wildman–Crippen LogP) is 2.90. The van der Waals surface area contributed by atoms with Crippen LogP contribution >= 0.6 is 11.3 Å². The summed E-state index contributed by atoms with van der Waals surface area (Å²) in [5.41, 5.74) is 0.877. The summed E-state index contributed by atoms with van der Waals surface area (Å²) in [5.74, 6) is 0.162. The molecule has 0 saturated heterocycles. The summed E-state index contributed by atoms with van der Waals surface area (Å²) in [6.45, 7) is 0. The summed E-state index contributed by atoms with van der Waals surface area (Å²) in [6.07, 6.45) is 0. The molecule has 1 amide bonds. The van der Waals surface area contributed by atoms with Crippen LogP contribution in [-0.2, 0) is 7.05 Å². The van der Waals surface area contributed by atoms with Gasteiger partial charge in [-0.15, -0.1) is 0 Å². The van der Waals surface area contributed by atoms with Crippen molar-refractivity contribution in [2.75, 3.05) is 7.11 Å². The van der Waals surface area contributed by atoms with Crippen LogP contribution in [0.25, 0.3) is 10.2 Å². The first kappa shape index (κ1) is 15.9. The van der Waals surface area contributed by atoms with Gasteiger partial charge in [-0.05, 0) is 18.2 Å². The van der Waals surface area contributed by atoms with Crippen molar-refractivity contribution in [1.82, 2.24) is 4.57 Å². The molecule has 3 rings (SSSR count). The van der Waals surface area contributed by atoms with Crippen molar-refractivity contribution in [2.24, 2.45) is 12.0 Å². The second kappa shape index (κ2) is 6.25. The SMILES string of the molecule is COc1cccc2sc(=NC(=O)c3cccc([N+](=O)[O-])c3)n(C)c12. The number of hydrogen-bond donors (Lipinski definition) is 0. The minimum atomic E-state index is -0.541. The van der Waals surface area contributed by atoms with Crippen LogP contribution < -0.4 is 9.54 Å². The van der Waals surface area contributed by atoms with Gasteiger partial charge in [0.2, 0.25) is 0 Å².